The molecule has 0 spiro atoms. The molecular weight excluding hydrogens is 238 g/mol. The van der Waals surface area contributed by atoms with E-state index < -0.39 is 4.92 Å². The highest BCUT2D eigenvalue weighted by molar-refractivity contribution is 5.79. The Morgan fingerprint density at radius 1 is 1.28 bits per heavy atom. The van der Waals surface area contributed by atoms with Crippen LogP contribution >= 0.6 is 0 Å². The molecule has 8 heteroatoms. The lowest BCUT2D eigenvalue weighted by Gasteiger charge is -2.07. The van der Waals surface area contributed by atoms with Crippen molar-refractivity contribution >= 4 is 17.5 Å². The van der Waals surface area contributed by atoms with Crippen molar-refractivity contribution in [2.24, 2.45) is 0 Å². The van der Waals surface area contributed by atoms with Gasteiger partial charge in [-0.15, -0.1) is 0 Å². The van der Waals surface area contributed by atoms with Gasteiger partial charge in [-0.2, -0.15) is 4.98 Å². The number of rotatable bonds is 2. The van der Waals surface area contributed by atoms with Gasteiger partial charge in [0.25, 0.3) is 5.69 Å². The average molecular weight is 247 g/mol. The van der Waals surface area contributed by atoms with E-state index in [-0.39, 0.29) is 34.3 Å². The smallest absolute Gasteiger partial charge is 0.270 e. The van der Waals surface area contributed by atoms with Crippen LogP contribution in [0.25, 0.3) is 11.1 Å². The van der Waals surface area contributed by atoms with Gasteiger partial charge >= 0.3 is 0 Å². The molecule has 1 heterocycles. The fraction of sp³-hybridized carbons (Fsp3) is 0. The predicted octanol–water partition coefficient (Wildman–Crippen LogP) is 0.922. The van der Waals surface area contributed by atoms with E-state index in [1.165, 1.54) is 24.4 Å². The zero-order chi connectivity index (χ0) is 13.3. The first-order valence-electron chi connectivity index (χ1n) is 4.85. The van der Waals surface area contributed by atoms with Crippen LogP contribution in [-0.4, -0.2) is 20.0 Å². The maximum Gasteiger partial charge on any atom is 0.270 e. The molecule has 0 bridgehead atoms. The van der Waals surface area contributed by atoms with E-state index in [1.807, 2.05) is 0 Å². The molecule has 0 aliphatic carbocycles. The van der Waals surface area contributed by atoms with Crippen molar-refractivity contribution in [3.05, 3.63) is 34.5 Å². The molecule has 18 heavy (non-hydrogen) atoms. The zero-order valence-electron chi connectivity index (χ0n) is 9.07. The number of nitrogens with two attached hydrogens (primary N) is 2. The van der Waals surface area contributed by atoms with Crippen molar-refractivity contribution in [3.63, 3.8) is 0 Å². The van der Waals surface area contributed by atoms with Gasteiger partial charge in [0.15, 0.2) is 0 Å². The van der Waals surface area contributed by atoms with Crippen LogP contribution in [0.5, 0.6) is 5.75 Å². The number of phenols is 1. The molecule has 1 aromatic carbocycles. The molecule has 0 saturated carbocycles. The van der Waals surface area contributed by atoms with Gasteiger partial charge in [-0.05, 0) is 6.07 Å². The van der Waals surface area contributed by atoms with Crippen LogP contribution in [0.15, 0.2) is 24.4 Å². The quantitative estimate of drug-likeness (QED) is 0.529. The van der Waals surface area contributed by atoms with E-state index >= 15 is 0 Å². The van der Waals surface area contributed by atoms with Crippen LogP contribution in [0.3, 0.4) is 0 Å². The van der Waals surface area contributed by atoms with E-state index in [4.69, 9.17) is 11.5 Å². The summed E-state index contributed by atoms with van der Waals surface area (Å²) in [5.74, 6) is -0.125. The van der Waals surface area contributed by atoms with Gasteiger partial charge in [-0.1, -0.05) is 0 Å². The number of benzene rings is 1. The van der Waals surface area contributed by atoms with Crippen molar-refractivity contribution in [3.8, 4) is 16.9 Å². The molecule has 0 saturated heterocycles. The Bertz CT molecular complexity index is 629. The molecule has 0 unspecified atom stereocenters. The van der Waals surface area contributed by atoms with Gasteiger partial charge < -0.3 is 16.6 Å². The van der Waals surface area contributed by atoms with Gasteiger partial charge in [0, 0.05) is 29.5 Å². The minimum Gasteiger partial charge on any atom is -0.507 e. The molecule has 1 aromatic heterocycles. The largest absolute Gasteiger partial charge is 0.507 e. The lowest BCUT2D eigenvalue weighted by Crippen LogP contribution is -2.01. The fourth-order valence-electron chi connectivity index (χ4n) is 1.47. The summed E-state index contributed by atoms with van der Waals surface area (Å²) in [6.07, 6.45) is 1.30. The number of anilines is 2. The molecule has 0 fully saturated rings. The third-order valence-corrected chi connectivity index (χ3v) is 2.32. The lowest BCUT2D eigenvalue weighted by atomic mass is 10.1. The predicted molar refractivity (Wildman–Crippen MR) is 64.6 cm³/mol. The number of hydrogen-bond donors (Lipinski definition) is 3. The van der Waals surface area contributed by atoms with Crippen LogP contribution in [0.4, 0.5) is 17.5 Å². The normalized spacial score (nSPS) is 10.2. The highest BCUT2D eigenvalue weighted by Gasteiger charge is 2.15. The highest BCUT2D eigenvalue weighted by atomic mass is 16.6. The van der Waals surface area contributed by atoms with Gasteiger partial charge in [0.1, 0.15) is 11.6 Å². The second-order valence-corrected chi connectivity index (χ2v) is 3.49. The molecule has 0 amide bonds. The number of aromatic hydroxyl groups is 1. The second kappa shape index (κ2) is 4.17. The number of nitro groups is 1. The van der Waals surface area contributed by atoms with Gasteiger partial charge in [0.05, 0.1) is 4.92 Å². The molecule has 5 N–H and O–H groups in total. The number of non-ortho nitro benzene ring substituents is 1. The van der Waals surface area contributed by atoms with Crippen LogP contribution in [0.1, 0.15) is 0 Å². The summed E-state index contributed by atoms with van der Waals surface area (Å²) in [4.78, 5) is 17.6. The topological polar surface area (TPSA) is 141 Å². The second-order valence-electron chi connectivity index (χ2n) is 3.49. The summed E-state index contributed by atoms with van der Waals surface area (Å²) in [5.41, 5.74) is 11.3. The molecule has 2 rings (SSSR count). The molecule has 0 radical (unpaired) electrons. The van der Waals surface area contributed by atoms with Crippen molar-refractivity contribution in [1.82, 2.24) is 9.97 Å². The summed E-state index contributed by atoms with van der Waals surface area (Å²) in [6.45, 7) is 0. The minimum absolute atomic E-state index is 0.0128. The zero-order valence-corrected chi connectivity index (χ0v) is 9.07. The third kappa shape index (κ3) is 1.98. The summed E-state index contributed by atoms with van der Waals surface area (Å²) >= 11 is 0. The molecule has 0 aliphatic heterocycles. The third-order valence-electron chi connectivity index (χ3n) is 2.32. The first kappa shape index (κ1) is 11.6. The number of aromatic nitrogens is 2. The fourth-order valence-corrected chi connectivity index (χ4v) is 1.47. The summed E-state index contributed by atoms with van der Waals surface area (Å²) < 4.78 is 0. The molecule has 0 aliphatic rings. The van der Waals surface area contributed by atoms with Gasteiger partial charge in [0.2, 0.25) is 5.95 Å². The maximum absolute atomic E-state index is 10.7. The van der Waals surface area contributed by atoms with E-state index in [2.05, 4.69) is 9.97 Å². The van der Waals surface area contributed by atoms with E-state index in [0.29, 0.717) is 0 Å². The monoisotopic (exact) mass is 247 g/mol. The van der Waals surface area contributed by atoms with E-state index in [0.717, 1.165) is 0 Å². The number of nitro benzene ring substituents is 1. The number of nitrogen functional groups attached to an aromatic ring is 2. The molecule has 8 nitrogen and oxygen atoms in total. The summed E-state index contributed by atoms with van der Waals surface area (Å²) in [7, 11) is 0. The molecule has 92 valence electrons. The summed E-state index contributed by atoms with van der Waals surface area (Å²) in [6, 6.07) is 3.59. The Morgan fingerprint density at radius 2 is 2.00 bits per heavy atom. The standard InChI is InChI=1S/C10H9N5O3/c11-9-7(4-13-10(12)14-9)6-3-5(15(17)18)1-2-8(6)16/h1-4,16H,(H4,11,12,13,14). The van der Waals surface area contributed by atoms with E-state index in [1.54, 1.807) is 0 Å². The van der Waals surface area contributed by atoms with Gasteiger partial charge in [-0.25, -0.2) is 4.98 Å². The number of nitrogens with zero attached hydrogens (tertiary/aromatic N) is 3. The Balaban J connectivity index is 2.62. The van der Waals surface area contributed by atoms with Gasteiger partial charge in [-0.3, -0.25) is 10.1 Å². The van der Waals surface area contributed by atoms with Crippen LogP contribution in [-0.2, 0) is 0 Å². The Kier molecular flexibility index (Phi) is 2.68. The number of hydrogen-bond acceptors (Lipinski definition) is 7. The van der Waals surface area contributed by atoms with Crippen molar-refractivity contribution in [2.75, 3.05) is 11.5 Å². The SMILES string of the molecule is Nc1ncc(-c2cc([N+](=O)[O-])ccc2O)c(N)n1. The Labute approximate surface area is 101 Å². The molecular formula is C10H9N5O3. The minimum atomic E-state index is -0.572. The van der Waals surface area contributed by atoms with Crippen LogP contribution < -0.4 is 11.5 Å². The highest BCUT2D eigenvalue weighted by Crippen LogP contribution is 2.34. The maximum atomic E-state index is 10.7. The Hall–Kier alpha value is -2.90. The van der Waals surface area contributed by atoms with Crippen LogP contribution in [0, 0.1) is 10.1 Å². The number of phenolic OH excluding ortho intramolecular Hbond substituents is 1. The van der Waals surface area contributed by atoms with Crippen LogP contribution in [0.2, 0.25) is 0 Å². The first-order valence-corrected chi connectivity index (χ1v) is 4.85. The molecule has 2 aromatic rings. The Morgan fingerprint density at radius 3 is 2.61 bits per heavy atom. The first-order chi connectivity index (χ1) is 8.49. The van der Waals surface area contributed by atoms with Crippen molar-refractivity contribution in [1.29, 1.82) is 0 Å². The molecule has 0 atom stereocenters. The van der Waals surface area contributed by atoms with Crippen molar-refractivity contribution in [2.45, 2.75) is 0 Å². The average Bonchev–Trinajstić information content (AvgIpc) is 2.30. The lowest BCUT2D eigenvalue weighted by molar-refractivity contribution is -0.384. The van der Waals surface area contributed by atoms with E-state index in [9.17, 15) is 15.2 Å². The summed E-state index contributed by atoms with van der Waals surface area (Å²) in [5, 5.41) is 20.4. The van der Waals surface area contributed by atoms with Crippen molar-refractivity contribution < 1.29 is 10.0 Å².